The van der Waals surface area contributed by atoms with Gasteiger partial charge in [-0.1, -0.05) is 6.08 Å². The van der Waals surface area contributed by atoms with Crippen LogP contribution in [-0.4, -0.2) is 34.7 Å². The molecule has 0 aliphatic heterocycles. The quantitative estimate of drug-likeness (QED) is 0.579. The highest BCUT2D eigenvalue weighted by molar-refractivity contribution is 6.04. The van der Waals surface area contributed by atoms with E-state index in [2.05, 4.69) is 6.58 Å². The molecule has 2 aromatic rings. The van der Waals surface area contributed by atoms with Gasteiger partial charge in [-0.05, 0) is 12.5 Å². The predicted octanol–water partition coefficient (Wildman–Crippen LogP) is 3.42. The van der Waals surface area contributed by atoms with E-state index in [0.717, 1.165) is 17.2 Å². The van der Waals surface area contributed by atoms with Gasteiger partial charge in [0, 0.05) is 22.6 Å². The lowest BCUT2D eigenvalue weighted by Gasteiger charge is -2.19. The topological polar surface area (TPSA) is 54.0 Å². The van der Waals surface area contributed by atoms with Crippen molar-refractivity contribution >= 4 is 17.1 Å². The third kappa shape index (κ3) is 2.70. The van der Waals surface area contributed by atoms with Crippen molar-refractivity contribution in [1.82, 2.24) is 0 Å². The van der Waals surface area contributed by atoms with Gasteiger partial charge in [0.05, 0.1) is 33.8 Å². The molecule has 23 heavy (non-hydrogen) atoms. The first-order valence-electron chi connectivity index (χ1n) is 7.05. The minimum absolute atomic E-state index is 0.496. The predicted molar refractivity (Wildman–Crippen MR) is 89.4 cm³/mol. The number of carbonyl (C=O) groups is 1. The highest BCUT2D eigenvalue weighted by Crippen LogP contribution is 2.47. The van der Waals surface area contributed by atoms with Crippen molar-refractivity contribution < 1.29 is 23.7 Å². The largest absolute Gasteiger partial charge is 0.496 e. The summed E-state index contributed by atoms with van der Waals surface area (Å²) in [5.74, 6) is 2.18. The minimum atomic E-state index is 0.496. The van der Waals surface area contributed by atoms with E-state index < -0.39 is 0 Å². The highest BCUT2D eigenvalue weighted by Gasteiger charge is 2.22. The summed E-state index contributed by atoms with van der Waals surface area (Å²) in [5.41, 5.74) is 1.28. The lowest BCUT2D eigenvalue weighted by molar-refractivity contribution is 0.112. The Bertz CT molecular complexity index is 749. The molecular formula is C18H20O5. The Morgan fingerprint density at radius 3 is 2.09 bits per heavy atom. The monoisotopic (exact) mass is 316 g/mol. The van der Waals surface area contributed by atoms with Crippen LogP contribution in [0.2, 0.25) is 0 Å². The number of allylic oxidation sites excluding steroid dienone is 1. The smallest absolute Gasteiger partial charge is 0.172 e. The number of benzene rings is 2. The molecule has 122 valence electrons. The Balaban J connectivity index is 3.06. The summed E-state index contributed by atoms with van der Waals surface area (Å²) in [4.78, 5) is 11.5. The molecule has 0 spiro atoms. The molecule has 0 N–H and O–H groups in total. The molecule has 2 rings (SSSR count). The number of ether oxygens (including phenoxy) is 4. The standard InChI is InChI=1S/C18H20O5/c1-6-7-12-11(10-19)8-13-14(20-2)9-15(21-3)18(23-5)16(13)17(12)22-4/h6,8-10H,1,7H2,2-5H3. The van der Waals surface area contributed by atoms with Gasteiger partial charge in [-0.15, -0.1) is 6.58 Å². The van der Waals surface area contributed by atoms with Crippen molar-refractivity contribution in [3.05, 3.63) is 35.9 Å². The molecule has 0 amide bonds. The van der Waals surface area contributed by atoms with E-state index in [1.165, 1.54) is 0 Å². The molecule has 0 saturated heterocycles. The van der Waals surface area contributed by atoms with Crippen LogP contribution in [-0.2, 0) is 6.42 Å². The fourth-order valence-electron chi connectivity index (χ4n) is 2.73. The number of rotatable bonds is 7. The normalized spacial score (nSPS) is 10.3. The van der Waals surface area contributed by atoms with Crippen LogP contribution >= 0.6 is 0 Å². The molecule has 2 aromatic carbocycles. The van der Waals surface area contributed by atoms with Crippen molar-refractivity contribution in [2.75, 3.05) is 28.4 Å². The Morgan fingerprint density at radius 2 is 1.61 bits per heavy atom. The van der Waals surface area contributed by atoms with E-state index in [9.17, 15) is 4.79 Å². The molecule has 0 aliphatic carbocycles. The van der Waals surface area contributed by atoms with E-state index in [4.69, 9.17) is 18.9 Å². The Hall–Kier alpha value is -2.69. The van der Waals surface area contributed by atoms with Crippen LogP contribution in [0.25, 0.3) is 10.8 Å². The average molecular weight is 316 g/mol. The summed E-state index contributed by atoms with van der Waals surface area (Å²) in [6, 6.07) is 3.49. The summed E-state index contributed by atoms with van der Waals surface area (Å²) < 4.78 is 22.0. The number of aldehydes is 1. The molecule has 0 saturated carbocycles. The first kappa shape index (κ1) is 16.7. The summed E-state index contributed by atoms with van der Waals surface area (Å²) in [6.07, 6.45) is 3.02. The zero-order valence-electron chi connectivity index (χ0n) is 13.8. The van der Waals surface area contributed by atoms with Gasteiger partial charge in [-0.2, -0.15) is 0 Å². The highest BCUT2D eigenvalue weighted by atomic mass is 16.5. The molecule has 0 aromatic heterocycles. The first-order chi connectivity index (χ1) is 11.2. The minimum Gasteiger partial charge on any atom is -0.496 e. The van der Waals surface area contributed by atoms with E-state index in [0.29, 0.717) is 40.4 Å². The van der Waals surface area contributed by atoms with Gasteiger partial charge in [0.1, 0.15) is 11.5 Å². The number of carbonyl (C=O) groups excluding carboxylic acids is 1. The molecule has 5 heteroatoms. The molecule has 0 atom stereocenters. The summed E-state index contributed by atoms with van der Waals surface area (Å²) in [6.45, 7) is 3.74. The van der Waals surface area contributed by atoms with Gasteiger partial charge in [0.15, 0.2) is 17.8 Å². The molecule has 0 bridgehead atoms. The van der Waals surface area contributed by atoms with Crippen LogP contribution in [0, 0.1) is 0 Å². The Kier molecular flexibility index (Phi) is 5.11. The van der Waals surface area contributed by atoms with Gasteiger partial charge in [0.25, 0.3) is 0 Å². The average Bonchev–Trinajstić information content (AvgIpc) is 2.59. The van der Waals surface area contributed by atoms with Crippen molar-refractivity contribution in [2.24, 2.45) is 0 Å². The summed E-state index contributed by atoms with van der Waals surface area (Å²) >= 11 is 0. The van der Waals surface area contributed by atoms with E-state index in [1.54, 1.807) is 46.6 Å². The second-order valence-electron chi connectivity index (χ2n) is 4.83. The third-order valence-electron chi connectivity index (χ3n) is 3.72. The fraction of sp³-hybridized carbons (Fsp3) is 0.278. The third-order valence-corrected chi connectivity index (χ3v) is 3.72. The van der Waals surface area contributed by atoms with E-state index >= 15 is 0 Å². The summed E-state index contributed by atoms with van der Waals surface area (Å²) in [7, 11) is 6.23. The summed E-state index contributed by atoms with van der Waals surface area (Å²) in [5, 5.41) is 1.42. The first-order valence-corrected chi connectivity index (χ1v) is 7.05. The maximum atomic E-state index is 11.5. The molecular weight excluding hydrogens is 296 g/mol. The van der Waals surface area contributed by atoms with Crippen LogP contribution in [0.1, 0.15) is 15.9 Å². The second-order valence-corrected chi connectivity index (χ2v) is 4.83. The van der Waals surface area contributed by atoms with Crippen LogP contribution in [0.4, 0.5) is 0 Å². The zero-order valence-corrected chi connectivity index (χ0v) is 13.8. The molecule has 0 unspecified atom stereocenters. The van der Waals surface area contributed by atoms with Crippen LogP contribution < -0.4 is 18.9 Å². The fourth-order valence-corrected chi connectivity index (χ4v) is 2.73. The number of hydrogen-bond donors (Lipinski definition) is 0. The molecule has 5 nitrogen and oxygen atoms in total. The van der Waals surface area contributed by atoms with Crippen LogP contribution in [0.3, 0.4) is 0 Å². The van der Waals surface area contributed by atoms with Gasteiger partial charge in [-0.3, -0.25) is 4.79 Å². The molecule has 0 aliphatic rings. The second kappa shape index (κ2) is 7.05. The van der Waals surface area contributed by atoms with Crippen LogP contribution in [0.5, 0.6) is 23.0 Å². The number of hydrogen-bond acceptors (Lipinski definition) is 5. The van der Waals surface area contributed by atoms with Gasteiger partial charge in [-0.25, -0.2) is 0 Å². The Labute approximate surface area is 135 Å². The molecule has 0 heterocycles. The Morgan fingerprint density at radius 1 is 0.957 bits per heavy atom. The van der Waals surface area contributed by atoms with Crippen LogP contribution in [0.15, 0.2) is 24.8 Å². The lowest BCUT2D eigenvalue weighted by Crippen LogP contribution is -2.02. The van der Waals surface area contributed by atoms with Crippen molar-refractivity contribution in [2.45, 2.75) is 6.42 Å². The number of fused-ring (bicyclic) bond motifs is 1. The SMILES string of the molecule is C=CCc1c(C=O)cc2c(OC)cc(OC)c(OC)c2c1OC. The van der Waals surface area contributed by atoms with E-state index in [-0.39, 0.29) is 0 Å². The van der Waals surface area contributed by atoms with Crippen molar-refractivity contribution in [1.29, 1.82) is 0 Å². The number of methoxy groups -OCH3 is 4. The lowest BCUT2D eigenvalue weighted by atomic mass is 9.96. The molecule has 0 radical (unpaired) electrons. The van der Waals surface area contributed by atoms with Crippen molar-refractivity contribution in [3.63, 3.8) is 0 Å². The van der Waals surface area contributed by atoms with Gasteiger partial charge >= 0.3 is 0 Å². The maximum absolute atomic E-state index is 11.5. The maximum Gasteiger partial charge on any atom is 0.172 e. The van der Waals surface area contributed by atoms with Gasteiger partial charge < -0.3 is 18.9 Å². The zero-order chi connectivity index (χ0) is 17.0. The van der Waals surface area contributed by atoms with Crippen molar-refractivity contribution in [3.8, 4) is 23.0 Å². The van der Waals surface area contributed by atoms with Gasteiger partial charge in [0.2, 0.25) is 0 Å². The van der Waals surface area contributed by atoms with E-state index in [1.807, 2.05) is 0 Å². The molecule has 0 fully saturated rings.